The first-order chi connectivity index (χ1) is 14.4. The molecular formula is C21H22FN7O. The quantitative estimate of drug-likeness (QED) is 0.548. The molecule has 0 bridgehead atoms. The normalized spacial score (nSPS) is 19.7. The number of piperazine rings is 1. The van der Waals surface area contributed by atoms with E-state index in [0.717, 1.165) is 18.8 Å². The third kappa shape index (κ3) is 3.21. The van der Waals surface area contributed by atoms with Gasteiger partial charge >= 0.3 is 5.69 Å². The molecule has 154 valence electrons. The molecule has 4 aromatic heterocycles. The maximum Gasteiger partial charge on any atom is 0.355 e. The van der Waals surface area contributed by atoms with Gasteiger partial charge in [-0.05, 0) is 39.0 Å². The smallest absolute Gasteiger partial charge is 0.355 e. The van der Waals surface area contributed by atoms with Crippen LogP contribution in [-0.2, 0) is 0 Å². The van der Waals surface area contributed by atoms with E-state index in [0.29, 0.717) is 29.0 Å². The van der Waals surface area contributed by atoms with Gasteiger partial charge in [0.15, 0.2) is 17.3 Å². The van der Waals surface area contributed by atoms with Gasteiger partial charge < -0.3 is 14.6 Å². The van der Waals surface area contributed by atoms with Crippen molar-refractivity contribution in [3.8, 4) is 11.4 Å². The van der Waals surface area contributed by atoms with E-state index in [4.69, 9.17) is 0 Å². The molecule has 0 radical (unpaired) electrons. The van der Waals surface area contributed by atoms with Gasteiger partial charge in [-0.25, -0.2) is 23.6 Å². The number of hydrogen-bond acceptors (Lipinski definition) is 6. The average molecular weight is 407 g/mol. The van der Waals surface area contributed by atoms with E-state index in [1.807, 2.05) is 6.07 Å². The molecule has 2 atom stereocenters. The van der Waals surface area contributed by atoms with Gasteiger partial charge in [-0.2, -0.15) is 4.98 Å². The highest BCUT2D eigenvalue weighted by atomic mass is 19.1. The van der Waals surface area contributed by atoms with Crippen LogP contribution < -0.4 is 15.9 Å². The number of hydrogen-bond donors (Lipinski definition) is 1. The zero-order chi connectivity index (χ0) is 21.0. The number of aryl methyl sites for hydroxylation is 1. The number of pyridine rings is 2. The lowest BCUT2D eigenvalue weighted by Crippen LogP contribution is -2.54. The van der Waals surface area contributed by atoms with E-state index in [9.17, 15) is 9.18 Å². The molecule has 0 saturated carbocycles. The lowest BCUT2D eigenvalue weighted by Gasteiger charge is -2.37. The first-order valence-electron chi connectivity index (χ1n) is 9.94. The van der Waals surface area contributed by atoms with Crippen molar-refractivity contribution in [3.63, 3.8) is 0 Å². The highest BCUT2D eigenvalue weighted by Crippen LogP contribution is 2.21. The summed E-state index contributed by atoms with van der Waals surface area (Å²) in [5.41, 5.74) is 2.32. The number of nitrogens with one attached hydrogen (secondary N) is 1. The first kappa shape index (κ1) is 18.7. The topological polar surface area (TPSA) is 79.8 Å². The number of aromatic nitrogens is 5. The highest BCUT2D eigenvalue weighted by molar-refractivity contribution is 5.61. The Morgan fingerprint density at radius 1 is 1.07 bits per heavy atom. The van der Waals surface area contributed by atoms with Crippen molar-refractivity contribution in [2.24, 2.45) is 0 Å². The maximum atomic E-state index is 14.4. The first-order valence-corrected chi connectivity index (χ1v) is 9.94. The lowest BCUT2D eigenvalue weighted by atomic mass is 10.1. The average Bonchev–Trinajstić information content (AvgIpc) is 3.08. The van der Waals surface area contributed by atoms with E-state index in [1.165, 1.54) is 10.5 Å². The Morgan fingerprint density at radius 3 is 2.60 bits per heavy atom. The zero-order valence-electron chi connectivity index (χ0n) is 17.0. The Balaban J connectivity index is 1.57. The fourth-order valence-electron chi connectivity index (χ4n) is 4.16. The third-order valence-corrected chi connectivity index (χ3v) is 5.35. The molecule has 5 rings (SSSR count). The van der Waals surface area contributed by atoms with Gasteiger partial charge in [0.1, 0.15) is 5.65 Å². The minimum atomic E-state index is -0.485. The summed E-state index contributed by atoms with van der Waals surface area (Å²) in [5, 5.41) is 3.50. The molecule has 9 heteroatoms. The number of fused-ring (bicyclic) bond motifs is 2. The summed E-state index contributed by atoms with van der Waals surface area (Å²) in [5.74, 6) is -0.300. The second-order valence-electron chi connectivity index (χ2n) is 8.01. The standard InChI is InChI=1S/C21H22FN7O/c1-12-7-27(8-13(2)23-12)16-4-5-18-25-19(26-21(30)29(18)11-16)15-6-17(22)20-24-14(3)9-28(20)10-15/h4-6,9-13,23H,7-8H2,1-3H3/t12-,13+. The fourth-order valence-corrected chi connectivity index (χ4v) is 4.16. The van der Waals surface area contributed by atoms with Crippen LogP contribution in [0.25, 0.3) is 22.7 Å². The molecule has 1 fully saturated rings. The van der Waals surface area contributed by atoms with Gasteiger partial charge in [-0.15, -0.1) is 0 Å². The Bertz CT molecular complexity index is 1320. The second kappa shape index (κ2) is 6.88. The van der Waals surface area contributed by atoms with E-state index in [1.54, 1.807) is 36.0 Å². The predicted molar refractivity (Wildman–Crippen MR) is 112 cm³/mol. The van der Waals surface area contributed by atoms with Crippen molar-refractivity contribution in [3.05, 3.63) is 58.8 Å². The third-order valence-electron chi connectivity index (χ3n) is 5.35. The number of nitrogens with zero attached hydrogens (tertiary/aromatic N) is 6. The highest BCUT2D eigenvalue weighted by Gasteiger charge is 2.21. The van der Waals surface area contributed by atoms with Crippen molar-refractivity contribution < 1.29 is 4.39 Å². The predicted octanol–water partition coefficient (Wildman–Crippen LogP) is 2.04. The van der Waals surface area contributed by atoms with Crippen LogP contribution in [0.3, 0.4) is 0 Å². The van der Waals surface area contributed by atoms with Crippen molar-refractivity contribution in [2.75, 3.05) is 18.0 Å². The number of anilines is 1. The molecule has 0 amide bonds. The van der Waals surface area contributed by atoms with Crippen LogP contribution in [0.15, 0.2) is 41.6 Å². The van der Waals surface area contributed by atoms with Gasteiger partial charge in [0.05, 0.1) is 11.4 Å². The molecule has 0 spiro atoms. The SMILES string of the molecule is Cc1cn2cc(-c3nc(=O)n4cc(N5C[C@@H](C)N[C@@H](C)C5)ccc4n3)cc(F)c2n1. The van der Waals surface area contributed by atoms with Gasteiger partial charge in [-0.3, -0.25) is 0 Å². The van der Waals surface area contributed by atoms with Crippen LogP contribution >= 0.6 is 0 Å². The van der Waals surface area contributed by atoms with Crippen molar-refractivity contribution in [1.29, 1.82) is 0 Å². The summed E-state index contributed by atoms with van der Waals surface area (Å²) in [6.07, 6.45) is 5.17. The fraction of sp³-hybridized carbons (Fsp3) is 0.333. The van der Waals surface area contributed by atoms with Crippen molar-refractivity contribution in [1.82, 2.24) is 29.1 Å². The van der Waals surface area contributed by atoms with Gasteiger partial charge in [0.25, 0.3) is 0 Å². The number of imidazole rings is 1. The number of rotatable bonds is 2. The molecule has 8 nitrogen and oxygen atoms in total. The maximum absolute atomic E-state index is 14.4. The molecule has 4 aromatic rings. The van der Waals surface area contributed by atoms with E-state index in [2.05, 4.69) is 39.0 Å². The molecular weight excluding hydrogens is 385 g/mol. The largest absolute Gasteiger partial charge is 0.367 e. The summed E-state index contributed by atoms with van der Waals surface area (Å²) in [7, 11) is 0. The summed E-state index contributed by atoms with van der Waals surface area (Å²) in [6, 6.07) is 5.78. The van der Waals surface area contributed by atoms with Crippen molar-refractivity contribution in [2.45, 2.75) is 32.9 Å². The van der Waals surface area contributed by atoms with Crippen LogP contribution in [0.2, 0.25) is 0 Å². The molecule has 0 aliphatic carbocycles. The van der Waals surface area contributed by atoms with Crippen LogP contribution in [-0.4, -0.2) is 48.9 Å². The van der Waals surface area contributed by atoms with Gasteiger partial charge in [-0.1, -0.05) is 0 Å². The molecule has 1 aliphatic rings. The molecule has 30 heavy (non-hydrogen) atoms. The van der Waals surface area contributed by atoms with Crippen LogP contribution in [0, 0.1) is 12.7 Å². The Labute approximate surface area is 172 Å². The van der Waals surface area contributed by atoms with Crippen LogP contribution in [0.1, 0.15) is 19.5 Å². The molecule has 5 heterocycles. The Kier molecular flexibility index (Phi) is 4.28. The Hall–Kier alpha value is -3.33. The molecule has 0 unspecified atom stereocenters. The van der Waals surface area contributed by atoms with E-state index < -0.39 is 11.5 Å². The van der Waals surface area contributed by atoms with E-state index in [-0.39, 0.29) is 11.5 Å². The Morgan fingerprint density at radius 2 is 1.83 bits per heavy atom. The summed E-state index contributed by atoms with van der Waals surface area (Å²) < 4.78 is 17.5. The van der Waals surface area contributed by atoms with Crippen molar-refractivity contribution >= 4 is 17.0 Å². The summed E-state index contributed by atoms with van der Waals surface area (Å²) in [6.45, 7) is 7.79. The minimum absolute atomic E-state index is 0.185. The monoisotopic (exact) mass is 407 g/mol. The molecule has 1 saturated heterocycles. The van der Waals surface area contributed by atoms with Gasteiger partial charge in [0.2, 0.25) is 0 Å². The lowest BCUT2D eigenvalue weighted by molar-refractivity contribution is 0.407. The minimum Gasteiger partial charge on any atom is -0.367 e. The van der Waals surface area contributed by atoms with Crippen LogP contribution in [0.4, 0.5) is 10.1 Å². The zero-order valence-corrected chi connectivity index (χ0v) is 17.0. The van der Waals surface area contributed by atoms with Crippen LogP contribution in [0.5, 0.6) is 0 Å². The van der Waals surface area contributed by atoms with Gasteiger partial charge in [0, 0.05) is 49.3 Å². The molecule has 1 aliphatic heterocycles. The molecule has 0 aromatic carbocycles. The number of halogens is 1. The molecule has 1 N–H and O–H groups in total. The summed E-state index contributed by atoms with van der Waals surface area (Å²) in [4.78, 5) is 27.8. The summed E-state index contributed by atoms with van der Waals surface area (Å²) >= 11 is 0. The second-order valence-corrected chi connectivity index (χ2v) is 8.01. The van der Waals surface area contributed by atoms with E-state index >= 15 is 0 Å².